The maximum absolute atomic E-state index is 11.5. The second-order valence-electron chi connectivity index (χ2n) is 7.88. The van der Waals surface area contributed by atoms with E-state index in [1.807, 2.05) is 32.0 Å². The molecule has 0 fully saturated rings. The zero-order valence-corrected chi connectivity index (χ0v) is 16.5. The fraction of sp³-hybridized carbons (Fsp3) is 0.167. The van der Waals surface area contributed by atoms with E-state index < -0.39 is 5.97 Å². The summed E-state index contributed by atoms with van der Waals surface area (Å²) in [6.45, 7) is 4.10. The van der Waals surface area contributed by atoms with Crippen molar-refractivity contribution in [2.45, 2.75) is 25.9 Å². The van der Waals surface area contributed by atoms with Crippen LogP contribution in [-0.4, -0.2) is 21.7 Å². The average molecular weight is 401 g/mol. The molecule has 1 aliphatic heterocycles. The van der Waals surface area contributed by atoms with Crippen LogP contribution in [0.5, 0.6) is 17.2 Å². The summed E-state index contributed by atoms with van der Waals surface area (Å²) in [5.74, 6) is 1.21. The molecule has 150 valence electrons. The molecule has 0 bridgehead atoms. The minimum Gasteiger partial charge on any atom is -0.483 e. The Morgan fingerprint density at radius 2 is 1.93 bits per heavy atom. The van der Waals surface area contributed by atoms with Gasteiger partial charge in [0.05, 0.1) is 11.1 Å². The number of hydrogen-bond acceptors (Lipinski definition) is 5. The maximum atomic E-state index is 11.5. The van der Waals surface area contributed by atoms with Crippen molar-refractivity contribution < 1.29 is 23.8 Å². The molecule has 1 N–H and O–H groups in total. The van der Waals surface area contributed by atoms with Gasteiger partial charge in [-0.2, -0.15) is 0 Å². The summed E-state index contributed by atoms with van der Waals surface area (Å²) < 4.78 is 18.0. The lowest BCUT2D eigenvalue weighted by molar-refractivity contribution is 0.0697. The molecule has 0 unspecified atom stereocenters. The molecular formula is C24H19NO5. The second-order valence-corrected chi connectivity index (χ2v) is 7.88. The third kappa shape index (κ3) is 3.16. The Labute approximate surface area is 172 Å². The fourth-order valence-corrected chi connectivity index (χ4v) is 3.73. The summed E-state index contributed by atoms with van der Waals surface area (Å²) in [5, 5.41) is 9.42. The topological polar surface area (TPSA) is 81.8 Å². The number of aromatic carboxylic acids is 1. The molecule has 1 aromatic heterocycles. The molecule has 0 atom stereocenters. The number of para-hydroxylation sites is 1. The van der Waals surface area contributed by atoms with Crippen LogP contribution in [0.3, 0.4) is 0 Å². The Bertz CT molecular complexity index is 1290. The first-order chi connectivity index (χ1) is 14.4. The van der Waals surface area contributed by atoms with Crippen molar-refractivity contribution in [3.05, 3.63) is 71.8 Å². The van der Waals surface area contributed by atoms with Crippen LogP contribution in [0, 0.1) is 0 Å². The van der Waals surface area contributed by atoms with Gasteiger partial charge < -0.3 is 19.0 Å². The molecule has 1 aliphatic rings. The van der Waals surface area contributed by atoms with Gasteiger partial charge in [0.1, 0.15) is 16.9 Å². The van der Waals surface area contributed by atoms with Crippen LogP contribution in [0.15, 0.2) is 65.1 Å². The molecule has 5 rings (SSSR count). The van der Waals surface area contributed by atoms with Gasteiger partial charge >= 0.3 is 5.97 Å². The predicted molar refractivity (Wildman–Crippen MR) is 111 cm³/mol. The van der Waals surface area contributed by atoms with Crippen LogP contribution in [-0.2, 0) is 6.42 Å². The Morgan fingerprint density at radius 3 is 2.77 bits per heavy atom. The number of aromatic nitrogens is 1. The Kier molecular flexibility index (Phi) is 4.03. The third-order valence-corrected chi connectivity index (χ3v) is 5.03. The molecule has 30 heavy (non-hydrogen) atoms. The molecule has 6 nitrogen and oxygen atoms in total. The number of carbonyl (C=O) groups is 1. The van der Waals surface area contributed by atoms with E-state index in [9.17, 15) is 9.90 Å². The largest absolute Gasteiger partial charge is 0.483 e. The number of carboxylic acids is 1. The van der Waals surface area contributed by atoms with Gasteiger partial charge in [0.25, 0.3) is 0 Å². The SMILES string of the molecule is CC1(C)Cc2cccc(Oc3ccc4nc(-c5ccccc5C(=O)O)oc4c3)c2O1. The lowest BCUT2D eigenvalue weighted by Gasteiger charge is -2.18. The van der Waals surface area contributed by atoms with E-state index in [0.717, 1.165) is 17.7 Å². The first-order valence-electron chi connectivity index (χ1n) is 9.62. The lowest BCUT2D eigenvalue weighted by atomic mass is 10.0. The van der Waals surface area contributed by atoms with Crippen molar-refractivity contribution in [1.82, 2.24) is 4.98 Å². The molecule has 0 saturated heterocycles. The first kappa shape index (κ1) is 18.2. The van der Waals surface area contributed by atoms with Crippen LogP contribution in [0.2, 0.25) is 0 Å². The van der Waals surface area contributed by atoms with Gasteiger partial charge in [0.2, 0.25) is 5.89 Å². The fourth-order valence-electron chi connectivity index (χ4n) is 3.73. The molecule has 0 radical (unpaired) electrons. The molecule has 2 heterocycles. The minimum atomic E-state index is -1.03. The summed E-state index contributed by atoms with van der Waals surface area (Å²) in [7, 11) is 0. The van der Waals surface area contributed by atoms with Crippen LogP contribution in [0.4, 0.5) is 0 Å². The number of ether oxygens (including phenoxy) is 2. The number of oxazole rings is 1. The van der Waals surface area contributed by atoms with Crippen LogP contribution < -0.4 is 9.47 Å². The van der Waals surface area contributed by atoms with Crippen molar-refractivity contribution in [1.29, 1.82) is 0 Å². The highest BCUT2D eigenvalue weighted by Crippen LogP contribution is 2.43. The number of rotatable bonds is 4. The summed E-state index contributed by atoms with van der Waals surface area (Å²) in [6, 6.07) is 17.8. The van der Waals surface area contributed by atoms with E-state index in [4.69, 9.17) is 13.9 Å². The number of nitrogens with zero attached hydrogens (tertiary/aromatic N) is 1. The molecule has 0 amide bonds. The Balaban J connectivity index is 1.50. The summed E-state index contributed by atoms with van der Waals surface area (Å²) in [6.07, 6.45) is 0.826. The standard InChI is InChI=1S/C24H19NO5/c1-24(2)13-14-6-5-9-19(21(14)30-24)28-15-10-11-18-20(12-15)29-22(25-18)16-7-3-4-8-17(16)23(26)27/h3-12H,13H2,1-2H3,(H,26,27). The van der Waals surface area contributed by atoms with Crippen molar-refractivity contribution in [3.8, 4) is 28.7 Å². The quantitative estimate of drug-likeness (QED) is 0.472. The zero-order chi connectivity index (χ0) is 20.9. The van der Waals surface area contributed by atoms with Gasteiger partial charge in [0, 0.05) is 18.1 Å². The van der Waals surface area contributed by atoms with Gasteiger partial charge in [-0.05, 0) is 44.2 Å². The van der Waals surface area contributed by atoms with E-state index in [1.54, 1.807) is 36.4 Å². The number of hydrogen-bond donors (Lipinski definition) is 1. The highest BCUT2D eigenvalue weighted by molar-refractivity contribution is 5.95. The van der Waals surface area contributed by atoms with E-state index in [0.29, 0.717) is 28.2 Å². The average Bonchev–Trinajstić information content (AvgIpc) is 3.27. The summed E-state index contributed by atoms with van der Waals surface area (Å²) in [5.41, 5.74) is 2.55. The third-order valence-electron chi connectivity index (χ3n) is 5.03. The highest BCUT2D eigenvalue weighted by Gasteiger charge is 2.32. The van der Waals surface area contributed by atoms with Crippen molar-refractivity contribution >= 4 is 17.1 Å². The van der Waals surface area contributed by atoms with Crippen LogP contribution >= 0.6 is 0 Å². The zero-order valence-electron chi connectivity index (χ0n) is 16.5. The molecule has 0 saturated carbocycles. The monoisotopic (exact) mass is 401 g/mol. The van der Waals surface area contributed by atoms with Crippen LogP contribution in [0.25, 0.3) is 22.6 Å². The Hall–Kier alpha value is -3.80. The van der Waals surface area contributed by atoms with Crippen LogP contribution in [0.1, 0.15) is 29.8 Å². The van der Waals surface area contributed by atoms with E-state index in [-0.39, 0.29) is 17.1 Å². The van der Waals surface area contributed by atoms with E-state index in [1.165, 1.54) is 6.07 Å². The summed E-state index contributed by atoms with van der Waals surface area (Å²) in [4.78, 5) is 15.9. The molecule has 3 aromatic carbocycles. The first-order valence-corrected chi connectivity index (χ1v) is 9.62. The number of carboxylic acid groups (broad SMARTS) is 1. The highest BCUT2D eigenvalue weighted by atomic mass is 16.5. The van der Waals surface area contributed by atoms with Crippen molar-refractivity contribution in [2.24, 2.45) is 0 Å². The molecular weight excluding hydrogens is 382 g/mol. The number of fused-ring (bicyclic) bond motifs is 2. The lowest BCUT2D eigenvalue weighted by Crippen LogP contribution is -2.24. The molecule has 6 heteroatoms. The van der Waals surface area contributed by atoms with Gasteiger partial charge in [-0.25, -0.2) is 9.78 Å². The normalized spacial score (nSPS) is 14.3. The number of benzene rings is 3. The molecule has 0 aliphatic carbocycles. The molecule has 0 spiro atoms. The van der Waals surface area contributed by atoms with E-state index in [2.05, 4.69) is 4.98 Å². The van der Waals surface area contributed by atoms with Gasteiger partial charge in [-0.3, -0.25) is 0 Å². The van der Waals surface area contributed by atoms with Crippen molar-refractivity contribution in [2.75, 3.05) is 0 Å². The maximum Gasteiger partial charge on any atom is 0.336 e. The van der Waals surface area contributed by atoms with Gasteiger partial charge in [-0.15, -0.1) is 0 Å². The summed E-state index contributed by atoms with van der Waals surface area (Å²) >= 11 is 0. The van der Waals surface area contributed by atoms with Gasteiger partial charge in [0.15, 0.2) is 17.1 Å². The predicted octanol–water partition coefficient (Wildman–Crippen LogP) is 5.70. The van der Waals surface area contributed by atoms with Gasteiger partial charge in [-0.1, -0.05) is 24.3 Å². The van der Waals surface area contributed by atoms with E-state index >= 15 is 0 Å². The minimum absolute atomic E-state index is 0.139. The second kappa shape index (κ2) is 6.62. The smallest absolute Gasteiger partial charge is 0.336 e. The molecule has 4 aromatic rings. The van der Waals surface area contributed by atoms with Crippen molar-refractivity contribution in [3.63, 3.8) is 0 Å². The Morgan fingerprint density at radius 1 is 1.10 bits per heavy atom.